The number of hydrogen-bond acceptors (Lipinski definition) is 5. The quantitative estimate of drug-likeness (QED) is 0.630. The van der Waals surface area contributed by atoms with E-state index in [4.69, 9.17) is 20.5 Å². The van der Waals surface area contributed by atoms with Crippen LogP contribution in [0.2, 0.25) is 0 Å². The first-order valence-electron chi connectivity index (χ1n) is 6.04. The van der Waals surface area contributed by atoms with E-state index < -0.39 is 0 Å². The van der Waals surface area contributed by atoms with Gasteiger partial charge in [-0.3, -0.25) is 9.69 Å². The number of piperidine rings is 1. The third kappa shape index (κ3) is 4.61. The van der Waals surface area contributed by atoms with Gasteiger partial charge in [0.25, 0.3) is 0 Å². The maximum Gasteiger partial charge on any atom is 0.234 e. The second-order valence-corrected chi connectivity index (χ2v) is 4.23. The van der Waals surface area contributed by atoms with Crippen molar-refractivity contribution in [3.63, 3.8) is 0 Å². The Hall–Kier alpha value is -1.16. The molecule has 0 aromatic rings. The molecule has 101 valence electrons. The second kappa shape index (κ2) is 8.03. The molecule has 0 spiro atoms. The zero-order valence-electron chi connectivity index (χ0n) is 10.7. The molecule has 18 heavy (non-hydrogen) atoms. The van der Waals surface area contributed by atoms with Gasteiger partial charge in [-0.1, -0.05) is 0 Å². The Balaban J connectivity index is 2.34. The molecule has 1 aliphatic heterocycles. The van der Waals surface area contributed by atoms with Gasteiger partial charge < -0.3 is 15.2 Å². The van der Waals surface area contributed by atoms with E-state index >= 15 is 0 Å². The van der Waals surface area contributed by atoms with Crippen LogP contribution in [0, 0.1) is 17.2 Å². The summed E-state index contributed by atoms with van der Waals surface area (Å²) in [5.74, 6) is 0.370. The van der Waals surface area contributed by atoms with E-state index in [1.54, 1.807) is 7.11 Å². The highest BCUT2D eigenvalue weighted by atomic mass is 16.5. The molecule has 1 heterocycles. The number of primary amides is 1. The van der Waals surface area contributed by atoms with Gasteiger partial charge in [-0.15, -0.1) is 0 Å². The summed E-state index contributed by atoms with van der Waals surface area (Å²) in [5, 5.41) is 8.85. The molecule has 0 bridgehead atoms. The van der Waals surface area contributed by atoms with E-state index in [0.29, 0.717) is 45.8 Å². The predicted octanol–water partition coefficient (Wildman–Crippen LogP) is -0.303. The summed E-state index contributed by atoms with van der Waals surface area (Å²) in [4.78, 5) is 13.3. The molecule has 1 saturated heterocycles. The van der Waals surface area contributed by atoms with E-state index in [9.17, 15) is 4.79 Å². The first kappa shape index (κ1) is 14.9. The molecule has 0 aromatic carbocycles. The van der Waals surface area contributed by atoms with Gasteiger partial charge >= 0.3 is 0 Å². The van der Waals surface area contributed by atoms with Crippen LogP contribution < -0.4 is 5.73 Å². The van der Waals surface area contributed by atoms with Gasteiger partial charge in [0.05, 0.1) is 37.8 Å². The average molecular weight is 254 g/mol. The second-order valence-electron chi connectivity index (χ2n) is 4.23. The summed E-state index contributed by atoms with van der Waals surface area (Å²) >= 11 is 0. The van der Waals surface area contributed by atoms with E-state index in [0.717, 1.165) is 5.92 Å². The number of rotatable bonds is 7. The lowest BCUT2D eigenvalue weighted by Gasteiger charge is -2.35. The van der Waals surface area contributed by atoms with Crippen molar-refractivity contribution in [2.24, 2.45) is 5.73 Å². The number of methoxy groups -OCH3 is 1. The number of nitriles is 1. The predicted molar refractivity (Wildman–Crippen MR) is 65.3 cm³/mol. The highest BCUT2D eigenvalue weighted by Gasteiger charge is 2.32. The molecule has 1 aliphatic rings. The maximum absolute atomic E-state index is 11.4. The minimum absolute atomic E-state index is 0.376. The van der Waals surface area contributed by atoms with Gasteiger partial charge in [0.1, 0.15) is 0 Å². The van der Waals surface area contributed by atoms with Gasteiger partial charge in [-0.25, -0.2) is 0 Å². The van der Waals surface area contributed by atoms with Crippen LogP contribution in [0.4, 0.5) is 0 Å². The van der Waals surface area contributed by atoms with Crippen molar-refractivity contribution in [1.29, 1.82) is 5.26 Å². The summed E-state index contributed by atoms with van der Waals surface area (Å²) in [7, 11) is 1.62. The zero-order chi connectivity index (χ0) is 13.4. The molecule has 0 aliphatic carbocycles. The Morgan fingerprint density at radius 1 is 1.56 bits per heavy atom. The molecule has 1 fully saturated rings. The number of nitrogens with zero attached hydrogens (tertiary/aromatic N) is 2. The highest BCUT2D eigenvalue weighted by molar-refractivity contribution is 5.80. The van der Waals surface area contributed by atoms with Crippen LogP contribution >= 0.6 is 0 Å². The normalized spacial score (nSPS) is 21.7. The molecule has 1 rings (SSSR count). The van der Waals surface area contributed by atoms with E-state index in [1.807, 2.05) is 4.90 Å². The molecule has 6 nitrogen and oxygen atoms in total. The summed E-state index contributed by atoms with van der Waals surface area (Å²) in [6, 6.07) is 1.75. The number of carbonyl (C=O) groups excluding carboxylic acids is 1. The molecule has 6 heteroatoms. The molecule has 1 radical (unpaired) electrons. The van der Waals surface area contributed by atoms with Gasteiger partial charge in [0.15, 0.2) is 0 Å². The van der Waals surface area contributed by atoms with E-state index in [1.165, 1.54) is 0 Å². The van der Waals surface area contributed by atoms with Crippen LogP contribution in [0.3, 0.4) is 0 Å². The van der Waals surface area contributed by atoms with Crippen molar-refractivity contribution < 1.29 is 14.3 Å². The fourth-order valence-corrected chi connectivity index (χ4v) is 1.97. The van der Waals surface area contributed by atoms with Gasteiger partial charge in [-0.05, 0) is 12.8 Å². The topological polar surface area (TPSA) is 88.6 Å². The Bertz CT molecular complexity index is 303. The highest BCUT2D eigenvalue weighted by Crippen LogP contribution is 2.23. The first-order chi connectivity index (χ1) is 8.69. The molecule has 0 aromatic heterocycles. The van der Waals surface area contributed by atoms with Crippen molar-refractivity contribution in [3.8, 4) is 6.07 Å². The van der Waals surface area contributed by atoms with Crippen molar-refractivity contribution in [2.75, 3.05) is 40.0 Å². The van der Waals surface area contributed by atoms with Crippen LogP contribution in [-0.4, -0.2) is 56.9 Å². The lowest BCUT2D eigenvalue weighted by atomic mass is 9.91. The molecular formula is C12H20N3O3. The van der Waals surface area contributed by atoms with Crippen molar-refractivity contribution in [1.82, 2.24) is 4.90 Å². The van der Waals surface area contributed by atoms with Gasteiger partial charge in [0, 0.05) is 20.2 Å². The minimum Gasteiger partial charge on any atom is -0.382 e. The Morgan fingerprint density at radius 2 is 2.33 bits per heavy atom. The lowest BCUT2D eigenvalue weighted by Crippen LogP contribution is -2.50. The number of ether oxygens (including phenoxy) is 2. The van der Waals surface area contributed by atoms with Crippen LogP contribution in [0.5, 0.6) is 0 Å². The number of nitrogens with two attached hydrogens (primary N) is 1. The zero-order valence-corrected chi connectivity index (χ0v) is 10.7. The molecule has 1 amide bonds. The Morgan fingerprint density at radius 3 is 2.94 bits per heavy atom. The Labute approximate surface area is 108 Å². The summed E-state index contributed by atoms with van der Waals surface area (Å²) in [5.41, 5.74) is 5.36. The molecular weight excluding hydrogens is 234 g/mol. The summed E-state index contributed by atoms with van der Waals surface area (Å²) in [6.45, 7) is 2.97. The van der Waals surface area contributed by atoms with Gasteiger partial charge in [-0.2, -0.15) is 5.26 Å². The largest absolute Gasteiger partial charge is 0.382 e. The van der Waals surface area contributed by atoms with E-state index in [-0.39, 0.29) is 11.9 Å². The third-order valence-corrected chi connectivity index (χ3v) is 3.02. The molecule has 1 atom stereocenters. The van der Waals surface area contributed by atoms with Crippen LogP contribution in [-0.2, 0) is 14.3 Å². The van der Waals surface area contributed by atoms with Crippen molar-refractivity contribution in [3.05, 3.63) is 5.92 Å². The first-order valence-corrected chi connectivity index (χ1v) is 6.04. The number of carbonyl (C=O) groups is 1. The van der Waals surface area contributed by atoms with E-state index in [2.05, 4.69) is 6.07 Å². The summed E-state index contributed by atoms with van der Waals surface area (Å²) < 4.78 is 10.2. The van der Waals surface area contributed by atoms with Crippen molar-refractivity contribution in [2.45, 2.75) is 18.9 Å². The Kier molecular flexibility index (Phi) is 6.65. The van der Waals surface area contributed by atoms with Crippen LogP contribution in [0.25, 0.3) is 0 Å². The van der Waals surface area contributed by atoms with Crippen LogP contribution in [0.15, 0.2) is 0 Å². The fourth-order valence-electron chi connectivity index (χ4n) is 1.97. The lowest BCUT2D eigenvalue weighted by molar-refractivity contribution is -0.124. The standard InChI is InChI=1S/C12H20N3O3/c1-17-6-7-18-5-4-15-3-2-10(9-13)8-11(15)12(14)16/h11H,2-8H2,1H3,(H2,14,16). The van der Waals surface area contributed by atoms with Crippen molar-refractivity contribution >= 4 is 5.91 Å². The maximum atomic E-state index is 11.4. The smallest absolute Gasteiger partial charge is 0.234 e. The average Bonchev–Trinajstić information content (AvgIpc) is 2.38. The monoisotopic (exact) mass is 254 g/mol. The third-order valence-electron chi connectivity index (χ3n) is 3.02. The number of hydrogen-bond donors (Lipinski definition) is 1. The molecule has 0 saturated carbocycles. The molecule has 2 N–H and O–H groups in total. The SMILES string of the molecule is COCCOCCN1CC[C](C#N)CC1C(N)=O. The van der Waals surface area contributed by atoms with Crippen LogP contribution in [0.1, 0.15) is 12.8 Å². The summed E-state index contributed by atoms with van der Waals surface area (Å²) in [6.07, 6.45) is 1.16. The fraction of sp³-hybridized carbons (Fsp3) is 0.750. The van der Waals surface area contributed by atoms with Gasteiger partial charge in [0.2, 0.25) is 5.91 Å². The molecule has 1 unspecified atom stereocenters. The minimum atomic E-state index is -0.376. The number of amides is 1. The number of likely N-dealkylation sites (tertiary alicyclic amines) is 1.